The molecule has 1 amide bonds. The van der Waals surface area contributed by atoms with Crippen LogP contribution in [0.3, 0.4) is 0 Å². The van der Waals surface area contributed by atoms with Crippen molar-refractivity contribution in [3.63, 3.8) is 0 Å². The second kappa shape index (κ2) is 9.19. The van der Waals surface area contributed by atoms with Gasteiger partial charge >= 0.3 is 5.63 Å². The fraction of sp³-hybridized carbons (Fsp3) is 0.143. The number of aromatic nitrogens is 2. The van der Waals surface area contributed by atoms with Gasteiger partial charge in [-0.2, -0.15) is 0 Å². The first-order chi connectivity index (χ1) is 15.0. The Hall–Kier alpha value is -3.37. The fourth-order valence-corrected chi connectivity index (χ4v) is 4.65. The van der Waals surface area contributed by atoms with Gasteiger partial charge < -0.3 is 19.8 Å². The van der Waals surface area contributed by atoms with Gasteiger partial charge in [0.25, 0.3) is 0 Å². The van der Waals surface area contributed by atoms with E-state index >= 15 is 0 Å². The van der Waals surface area contributed by atoms with Gasteiger partial charge in [-0.05, 0) is 42.0 Å². The number of hydrogen-bond acceptors (Lipinski definition) is 9. The quantitative estimate of drug-likeness (QED) is 0.307. The Kier molecular flexibility index (Phi) is 6.19. The van der Waals surface area contributed by atoms with Crippen molar-refractivity contribution in [3.05, 3.63) is 64.5 Å². The molecule has 0 saturated heterocycles. The summed E-state index contributed by atoms with van der Waals surface area (Å²) in [6, 6.07) is 14.3. The maximum atomic E-state index is 12.0. The number of nitrogens with zero attached hydrogens (tertiary/aromatic N) is 2. The second-order valence-electron chi connectivity index (χ2n) is 6.50. The summed E-state index contributed by atoms with van der Waals surface area (Å²) in [4.78, 5) is 23.3. The Morgan fingerprint density at radius 3 is 2.65 bits per heavy atom. The van der Waals surface area contributed by atoms with Gasteiger partial charge in [-0.1, -0.05) is 23.1 Å². The molecule has 0 fully saturated rings. The standard InChI is InChI=1S/C21H18N4O4S2/c1-12(26)22-15-5-8-17-13(9-19(27)29-18(17)10-15)11-30-21-25-24-20(31-21)23-14-3-6-16(28-2)7-4-14/h3-10H,11H2,1-2H3,(H,22,26)(H,23,24). The summed E-state index contributed by atoms with van der Waals surface area (Å²) in [7, 11) is 1.62. The second-order valence-corrected chi connectivity index (χ2v) is 8.70. The highest BCUT2D eigenvalue weighted by Crippen LogP contribution is 2.32. The molecule has 0 saturated carbocycles. The van der Waals surface area contributed by atoms with E-state index in [0.29, 0.717) is 22.2 Å². The number of rotatable bonds is 7. The first kappa shape index (κ1) is 20.9. The lowest BCUT2D eigenvalue weighted by Crippen LogP contribution is -2.06. The number of methoxy groups -OCH3 is 1. The van der Waals surface area contributed by atoms with E-state index < -0.39 is 5.63 Å². The highest BCUT2D eigenvalue weighted by atomic mass is 32.2. The summed E-state index contributed by atoms with van der Waals surface area (Å²) in [5.41, 5.74) is 2.27. The molecule has 2 heterocycles. The van der Waals surface area contributed by atoms with Crippen LogP contribution in [0.5, 0.6) is 5.75 Å². The Balaban J connectivity index is 1.47. The minimum absolute atomic E-state index is 0.191. The Morgan fingerprint density at radius 1 is 1.13 bits per heavy atom. The first-order valence-electron chi connectivity index (χ1n) is 9.22. The SMILES string of the molecule is COc1ccc(Nc2nnc(SCc3cc(=O)oc4cc(NC(C)=O)ccc34)s2)cc1. The molecule has 0 spiro atoms. The molecule has 4 rings (SSSR count). The van der Waals surface area contributed by atoms with E-state index in [0.717, 1.165) is 26.7 Å². The van der Waals surface area contributed by atoms with Gasteiger partial charge in [0.05, 0.1) is 7.11 Å². The van der Waals surface area contributed by atoms with Crippen LogP contribution in [-0.2, 0) is 10.5 Å². The summed E-state index contributed by atoms with van der Waals surface area (Å²) >= 11 is 2.91. The lowest BCUT2D eigenvalue weighted by molar-refractivity contribution is -0.114. The van der Waals surface area contributed by atoms with Crippen molar-refractivity contribution in [1.82, 2.24) is 10.2 Å². The summed E-state index contributed by atoms with van der Waals surface area (Å²) in [5, 5.41) is 15.8. The summed E-state index contributed by atoms with van der Waals surface area (Å²) in [6.07, 6.45) is 0. The molecule has 0 radical (unpaired) electrons. The van der Waals surface area contributed by atoms with Gasteiger partial charge in [0.2, 0.25) is 11.0 Å². The maximum Gasteiger partial charge on any atom is 0.336 e. The van der Waals surface area contributed by atoms with E-state index in [1.807, 2.05) is 30.3 Å². The zero-order valence-electron chi connectivity index (χ0n) is 16.7. The number of fused-ring (bicyclic) bond motifs is 1. The predicted octanol–water partition coefficient (Wildman–Crippen LogP) is 4.65. The van der Waals surface area contributed by atoms with E-state index in [-0.39, 0.29) is 5.91 Å². The van der Waals surface area contributed by atoms with Crippen LogP contribution in [0, 0.1) is 0 Å². The molecule has 31 heavy (non-hydrogen) atoms. The number of amides is 1. The molecule has 158 valence electrons. The third kappa shape index (κ3) is 5.22. The molecule has 2 aromatic heterocycles. The monoisotopic (exact) mass is 454 g/mol. The molecule has 0 aliphatic rings. The van der Waals surface area contributed by atoms with Crippen LogP contribution in [0.4, 0.5) is 16.5 Å². The third-order valence-corrected chi connectivity index (χ3v) is 6.27. The van der Waals surface area contributed by atoms with Crippen molar-refractivity contribution in [2.45, 2.75) is 17.0 Å². The number of hydrogen-bond donors (Lipinski definition) is 2. The average molecular weight is 455 g/mol. The van der Waals surface area contributed by atoms with Crippen LogP contribution in [-0.4, -0.2) is 23.2 Å². The molecule has 2 N–H and O–H groups in total. The van der Waals surface area contributed by atoms with Gasteiger partial charge in [0, 0.05) is 41.6 Å². The Labute approximate surface area is 185 Å². The molecular weight excluding hydrogens is 436 g/mol. The summed E-state index contributed by atoms with van der Waals surface area (Å²) < 4.78 is 11.2. The number of thioether (sulfide) groups is 1. The fourth-order valence-electron chi connectivity index (χ4n) is 2.89. The molecule has 2 aromatic carbocycles. The number of nitrogens with one attached hydrogen (secondary N) is 2. The van der Waals surface area contributed by atoms with Crippen molar-refractivity contribution >= 4 is 56.5 Å². The van der Waals surface area contributed by atoms with Gasteiger partial charge in [-0.3, -0.25) is 4.79 Å². The number of carbonyl (C=O) groups excluding carboxylic acids is 1. The Bertz CT molecular complexity index is 1280. The molecule has 4 aromatic rings. The molecule has 0 aliphatic carbocycles. The number of anilines is 3. The van der Waals surface area contributed by atoms with Gasteiger partial charge in [-0.15, -0.1) is 10.2 Å². The zero-order valence-corrected chi connectivity index (χ0v) is 18.3. The first-order valence-corrected chi connectivity index (χ1v) is 11.0. The maximum absolute atomic E-state index is 12.0. The molecule has 8 nitrogen and oxygen atoms in total. The topological polar surface area (TPSA) is 106 Å². The van der Waals surface area contributed by atoms with Crippen LogP contribution in [0.1, 0.15) is 12.5 Å². The average Bonchev–Trinajstić information content (AvgIpc) is 3.19. The van der Waals surface area contributed by atoms with Crippen molar-refractivity contribution in [3.8, 4) is 5.75 Å². The number of benzene rings is 2. The lowest BCUT2D eigenvalue weighted by Gasteiger charge is -2.07. The molecule has 0 bridgehead atoms. The van der Waals surface area contributed by atoms with Crippen molar-refractivity contribution in [2.24, 2.45) is 0 Å². The Morgan fingerprint density at radius 2 is 1.90 bits per heavy atom. The van der Waals surface area contributed by atoms with E-state index in [1.165, 1.54) is 36.1 Å². The largest absolute Gasteiger partial charge is 0.497 e. The lowest BCUT2D eigenvalue weighted by atomic mass is 10.1. The van der Waals surface area contributed by atoms with Crippen molar-refractivity contribution < 1.29 is 13.9 Å². The molecular formula is C21H18N4O4S2. The highest BCUT2D eigenvalue weighted by molar-refractivity contribution is 8.00. The van der Waals surface area contributed by atoms with Gasteiger partial charge in [0.1, 0.15) is 11.3 Å². The van der Waals surface area contributed by atoms with Crippen LogP contribution in [0.15, 0.2) is 62.1 Å². The molecule has 0 unspecified atom stereocenters. The van der Waals surface area contributed by atoms with E-state index in [2.05, 4.69) is 20.8 Å². The van der Waals surface area contributed by atoms with E-state index in [4.69, 9.17) is 9.15 Å². The van der Waals surface area contributed by atoms with Crippen LogP contribution in [0.25, 0.3) is 11.0 Å². The van der Waals surface area contributed by atoms with Crippen LogP contribution < -0.4 is 21.0 Å². The molecule has 0 aliphatic heterocycles. The van der Waals surface area contributed by atoms with Gasteiger partial charge in [0.15, 0.2) is 4.34 Å². The van der Waals surface area contributed by atoms with E-state index in [9.17, 15) is 9.59 Å². The smallest absolute Gasteiger partial charge is 0.336 e. The minimum Gasteiger partial charge on any atom is -0.497 e. The minimum atomic E-state index is -0.442. The number of ether oxygens (including phenoxy) is 1. The number of carbonyl (C=O) groups is 1. The third-order valence-electron chi connectivity index (χ3n) is 4.25. The highest BCUT2D eigenvalue weighted by Gasteiger charge is 2.11. The van der Waals surface area contributed by atoms with Crippen LogP contribution >= 0.6 is 23.1 Å². The van der Waals surface area contributed by atoms with Gasteiger partial charge in [-0.25, -0.2) is 4.79 Å². The van der Waals surface area contributed by atoms with Crippen LogP contribution in [0.2, 0.25) is 0 Å². The summed E-state index contributed by atoms with van der Waals surface area (Å²) in [6.45, 7) is 1.42. The van der Waals surface area contributed by atoms with Crippen molar-refractivity contribution in [2.75, 3.05) is 17.7 Å². The van der Waals surface area contributed by atoms with E-state index in [1.54, 1.807) is 19.2 Å². The normalized spacial score (nSPS) is 10.8. The van der Waals surface area contributed by atoms with Crippen molar-refractivity contribution in [1.29, 1.82) is 0 Å². The molecule has 0 atom stereocenters. The zero-order chi connectivity index (χ0) is 21.8. The summed E-state index contributed by atoms with van der Waals surface area (Å²) in [5.74, 6) is 1.12. The molecule has 10 heteroatoms. The predicted molar refractivity (Wildman–Crippen MR) is 123 cm³/mol.